The molecule has 0 spiro atoms. The van der Waals surface area contributed by atoms with Crippen molar-refractivity contribution in [3.63, 3.8) is 0 Å². The minimum absolute atomic E-state index is 0.353. The van der Waals surface area contributed by atoms with Gasteiger partial charge in [0.2, 0.25) is 0 Å². The number of thiazole rings is 1. The number of hydrogen-bond donors (Lipinski definition) is 1. The van der Waals surface area contributed by atoms with Crippen LogP contribution in [0.2, 0.25) is 0 Å². The van der Waals surface area contributed by atoms with E-state index in [0.717, 1.165) is 18.7 Å². The van der Waals surface area contributed by atoms with E-state index >= 15 is 0 Å². The topological polar surface area (TPSA) is 42.1 Å². The number of nitrogens with zero attached hydrogens (tertiary/aromatic N) is 2. The summed E-state index contributed by atoms with van der Waals surface area (Å²) in [5.74, 6) is 0.562. The molecule has 0 saturated carbocycles. The fourth-order valence-corrected chi connectivity index (χ4v) is 3.55. The normalized spacial score (nSPS) is 32.6. The molecule has 2 N–H and O–H groups in total. The molecular formula is C13H23N3S. The summed E-state index contributed by atoms with van der Waals surface area (Å²) in [6.07, 6.45) is 1.10. The fraction of sp³-hybridized carbons (Fsp3) is 0.769. The third kappa shape index (κ3) is 2.54. The van der Waals surface area contributed by atoms with E-state index in [1.807, 2.05) is 0 Å². The second-order valence-electron chi connectivity index (χ2n) is 5.29. The number of likely N-dealkylation sites (tertiary alicyclic amines) is 1. The Kier molecular flexibility index (Phi) is 3.85. The van der Waals surface area contributed by atoms with Crippen LogP contribution in [0.15, 0.2) is 5.38 Å². The largest absolute Gasteiger partial charge is 0.327 e. The maximum Gasteiger partial charge on any atom is 0.110 e. The molecule has 1 aromatic rings. The standard InChI is InChI=1S/C13H23N3S/c1-8-7-17-13(15-8)11(4)16-6-5-12(14)9(2)10(16)3/h7,9-12H,5-6,14H2,1-4H3. The summed E-state index contributed by atoms with van der Waals surface area (Å²) in [5.41, 5.74) is 7.26. The van der Waals surface area contributed by atoms with Gasteiger partial charge in [-0.2, -0.15) is 0 Å². The van der Waals surface area contributed by atoms with Gasteiger partial charge in [-0.3, -0.25) is 4.90 Å². The van der Waals surface area contributed by atoms with Crippen LogP contribution < -0.4 is 5.73 Å². The molecule has 3 nitrogen and oxygen atoms in total. The van der Waals surface area contributed by atoms with Gasteiger partial charge in [0.05, 0.1) is 6.04 Å². The van der Waals surface area contributed by atoms with Gasteiger partial charge >= 0.3 is 0 Å². The zero-order chi connectivity index (χ0) is 12.6. The summed E-state index contributed by atoms with van der Waals surface area (Å²) in [5, 5.41) is 3.37. The number of piperidine rings is 1. The smallest absolute Gasteiger partial charge is 0.110 e. The SMILES string of the molecule is Cc1csc(C(C)N2CCC(N)C(C)C2C)n1. The Morgan fingerprint density at radius 1 is 1.53 bits per heavy atom. The van der Waals surface area contributed by atoms with E-state index in [2.05, 4.69) is 43.0 Å². The number of aryl methyl sites for hydroxylation is 1. The van der Waals surface area contributed by atoms with Crippen LogP contribution in [0.25, 0.3) is 0 Å². The van der Waals surface area contributed by atoms with Gasteiger partial charge in [0.25, 0.3) is 0 Å². The van der Waals surface area contributed by atoms with Crippen LogP contribution in [0, 0.1) is 12.8 Å². The third-order valence-electron chi connectivity index (χ3n) is 4.17. The second kappa shape index (κ2) is 5.04. The van der Waals surface area contributed by atoms with Gasteiger partial charge in [-0.25, -0.2) is 4.98 Å². The summed E-state index contributed by atoms with van der Waals surface area (Å²) >= 11 is 1.77. The molecule has 1 aliphatic rings. The zero-order valence-corrected chi connectivity index (χ0v) is 12.0. The van der Waals surface area contributed by atoms with E-state index in [9.17, 15) is 0 Å². The van der Waals surface area contributed by atoms with Gasteiger partial charge in [-0.15, -0.1) is 11.3 Å². The predicted octanol–water partition coefficient (Wildman–Crippen LogP) is 2.57. The monoisotopic (exact) mass is 253 g/mol. The summed E-state index contributed by atoms with van der Waals surface area (Å²) in [6, 6.07) is 1.31. The van der Waals surface area contributed by atoms with Crippen molar-refractivity contribution in [1.29, 1.82) is 0 Å². The molecule has 1 saturated heterocycles. The van der Waals surface area contributed by atoms with E-state index in [-0.39, 0.29) is 0 Å². The van der Waals surface area contributed by atoms with Crippen LogP contribution in [-0.2, 0) is 0 Å². The van der Waals surface area contributed by atoms with Crippen molar-refractivity contribution >= 4 is 11.3 Å². The first-order chi connectivity index (χ1) is 8.00. The number of aromatic nitrogens is 1. The molecule has 1 aromatic heterocycles. The highest BCUT2D eigenvalue weighted by atomic mass is 32.1. The Hall–Kier alpha value is -0.450. The lowest BCUT2D eigenvalue weighted by molar-refractivity contribution is 0.0625. The highest BCUT2D eigenvalue weighted by Gasteiger charge is 2.33. The molecule has 0 bridgehead atoms. The van der Waals surface area contributed by atoms with Crippen LogP contribution in [0.4, 0.5) is 0 Å². The first kappa shape index (κ1) is 13.0. The van der Waals surface area contributed by atoms with E-state index in [0.29, 0.717) is 24.0 Å². The summed E-state index contributed by atoms with van der Waals surface area (Å²) in [4.78, 5) is 7.16. The molecular weight excluding hydrogens is 230 g/mol. The summed E-state index contributed by atoms with van der Waals surface area (Å²) in [7, 11) is 0. The van der Waals surface area contributed by atoms with Crippen molar-refractivity contribution in [3.8, 4) is 0 Å². The van der Waals surface area contributed by atoms with E-state index in [4.69, 9.17) is 5.73 Å². The fourth-order valence-electron chi connectivity index (χ4n) is 2.68. The van der Waals surface area contributed by atoms with Crippen LogP contribution in [0.5, 0.6) is 0 Å². The van der Waals surface area contributed by atoms with Crippen molar-refractivity contribution in [3.05, 3.63) is 16.1 Å². The lowest BCUT2D eigenvalue weighted by Gasteiger charge is -2.43. The molecule has 4 unspecified atom stereocenters. The zero-order valence-electron chi connectivity index (χ0n) is 11.2. The summed E-state index contributed by atoms with van der Waals surface area (Å²) < 4.78 is 0. The molecule has 0 radical (unpaired) electrons. The highest BCUT2D eigenvalue weighted by Crippen LogP contribution is 2.31. The Labute approximate surface area is 108 Å². The molecule has 1 fully saturated rings. The number of nitrogens with two attached hydrogens (primary N) is 1. The maximum absolute atomic E-state index is 6.13. The van der Waals surface area contributed by atoms with Crippen LogP contribution in [-0.4, -0.2) is 28.5 Å². The predicted molar refractivity (Wildman–Crippen MR) is 73.2 cm³/mol. The van der Waals surface area contributed by atoms with Gasteiger partial charge < -0.3 is 5.73 Å². The van der Waals surface area contributed by atoms with Gasteiger partial charge in [-0.1, -0.05) is 6.92 Å². The Morgan fingerprint density at radius 2 is 2.24 bits per heavy atom. The van der Waals surface area contributed by atoms with Gasteiger partial charge in [0, 0.05) is 29.7 Å². The third-order valence-corrected chi connectivity index (χ3v) is 5.30. The van der Waals surface area contributed by atoms with E-state index in [1.54, 1.807) is 11.3 Å². The Balaban J connectivity index is 2.12. The van der Waals surface area contributed by atoms with Crippen molar-refractivity contribution in [1.82, 2.24) is 9.88 Å². The first-order valence-electron chi connectivity index (χ1n) is 6.44. The van der Waals surface area contributed by atoms with Crippen LogP contribution >= 0.6 is 11.3 Å². The lowest BCUT2D eigenvalue weighted by Crippen LogP contribution is -2.52. The minimum Gasteiger partial charge on any atom is -0.327 e. The average molecular weight is 253 g/mol. The Bertz CT molecular complexity index is 376. The second-order valence-corrected chi connectivity index (χ2v) is 6.18. The van der Waals surface area contributed by atoms with Crippen molar-refractivity contribution in [2.24, 2.45) is 11.7 Å². The van der Waals surface area contributed by atoms with E-state index < -0.39 is 0 Å². The lowest BCUT2D eigenvalue weighted by atomic mass is 9.87. The van der Waals surface area contributed by atoms with E-state index in [1.165, 1.54) is 5.01 Å². The Morgan fingerprint density at radius 3 is 2.82 bits per heavy atom. The minimum atomic E-state index is 0.353. The number of rotatable bonds is 2. The summed E-state index contributed by atoms with van der Waals surface area (Å²) in [6.45, 7) is 9.97. The van der Waals surface area contributed by atoms with Gasteiger partial charge in [0.15, 0.2) is 0 Å². The molecule has 0 aliphatic carbocycles. The molecule has 4 heteroatoms. The molecule has 2 rings (SSSR count). The van der Waals surface area contributed by atoms with Crippen molar-refractivity contribution < 1.29 is 0 Å². The van der Waals surface area contributed by atoms with Crippen LogP contribution in [0.1, 0.15) is 43.9 Å². The molecule has 17 heavy (non-hydrogen) atoms. The quantitative estimate of drug-likeness (QED) is 0.881. The van der Waals surface area contributed by atoms with Gasteiger partial charge in [0.1, 0.15) is 5.01 Å². The first-order valence-corrected chi connectivity index (χ1v) is 7.32. The molecule has 0 amide bonds. The molecule has 4 atom stereocenters. The molecule has 0 aromatic carbocycles. The van der Waals surface area contributed by atoms with Crippen LogP contribution in [0.3, 0.4) is 0 Å². The van der Waals surface area contributed by atoms with Gasteiger partial charge in [-0.05, 0) is 33.1 Å². The highest BCUT2D eigenvalue weighted by molar-refractivity contribution is 7.09. The maximum atomic E-state index is 6.13. The average Bonchev–Trinajstić information content (AvgIpc) is 2.72. The van der Waals surface area contributed by atoms with Crippen molar-refractivity contribution in [2.75, 3.05) is 6.54 Å². The molecule has 96 valence electrons. The molecule has 2 heterocycles. The molecule has 1 aliphatic heterocycles. The van der Waals surface area contributed by atoms with Crippen molar-refractivity contribution in [2.45, 2.75) is 52.2 Å². The number of hydrogen-bond acceptors (Lipinski definition) is 4.